The highest BCUT2D eigenvalue weighted by Crippen LogP contribution is 2.18. The predicted molar refractivity (Wildman–Crippen MR) is 59.5 cm³/mol. The summed E-state index contributed by atoms with van der Waals surface area (Å²) in [4.78, 5) is 11.1. The normalized spacial score (nSPS) is 10.7. The van der Waals surface area contributed by atoms with Gasteiger partial charge >= 0.3 is 0 Å². The summed E-state index contributed by atoms with van der Waals surface area (Å²) in [6.07, 6.45) is 0.357. The summed E-state index contributed by atoms with van der Waals surface area (Å²) in [5.41, 5.74) is 5.26. The molecule has 1 aromatic heterocycles. The molecule has 3 N–H and O–H groups in total. The van der Waals surface area contributed by atoms with Gasteiger partial charge in [-0.15, -0.1) is 10.2 Å². The largest absolute Gasteiger partial charge is 0.349 e. The van der Waals surface area contributed by atoms with Gasteiger partial charge in [-0.1, -0.05) is 25.2 Å². The van der Waals surface area contributed by atoms with Crippen LogP contribution in [0.4, 0.5) is 0 Å². The molecule has 0 aliphatic carbocycles. The third kappa shape index (κ3) is 3.93. The highest BCUT2D eigenvalue weighted by molar-refractivity contribution is 7.11. The smallest absolute Gasteiger partial charge is 0.221 e. The van der Waals surface area contributed by atoms with Crippen LogP contribution in [0.2, 0.25) is 0 Å². The van der Waals surface area contributed by atoms with Crippen molar-refractivity contribution in [2.24, 2.45) is 5.73 Å². The minimum Gasteiger partial charge on any atom is -0.349 e. The van der Waals surface area contributed by atoms with Gasteiger partial charge in [0.05, 0.1) is 6.54 Å². The summed E-state index contributed by atoms with van der Waals surface area (Å²) >= 11 is 1.53. The minimum atomic E-state index is -0.0428. The fourth-order valence-corrected chi connectivity index (χ4v) is 1.75. The summed E-state index contributed by atoms with van der Waals surface area (Å²) < 4.78 is 0. The van der Waals surface area contributed by atoms with Crippen LogP contribution in [0.1, 0.15) is 36.2 Å². The van der Waals surface area contributed by atoms with Crippen LogP contribution in [0, 0.1) is 0 Å². The van der Waals surface area contributed by atoms with Gasteiger partial charge < -0.3 is 11.1 Å². The summed E-state index contributed by atoms with van der Waals surface area (Å²) in [6.45, 7) is 4.96. The van der Waals surface area contributed by atoms with Gasteiger partial charge in [-0.3, -0.25) is 4.79 Å². The van der Waals surface area contributed by atoms with Crippen molar-refractivity contribution in [3.63, 3.8) is 0 Å². The number of nitrogens with zero attached hydrogens (tertiary/aromatic N) is 2. The maximum absolute atomic E-state index is 11.1. The molecule has 0 aromatic carbocycles. The Bertz CT molecular complexity index is 324. The first kappa shape index (κ1) is 12.1. The lowest BCUT2D eigenvalue weighted by Crippen LogP contribution is -2.24. The van der Waals surface area contributed by atoms with Crippen molar-refractivity contribution in [1.29, 1.82) is 0 Å². The van der Waals surface area contributed by atoms with E-state index in [1.807, 2.05) is 0 Å². The number of carbonyl (C=O) groups is 1. The molecule has 0 saturated heterocycles. The van der Waals surface area contributed by atoms with Crippen LogP contribution >= 0.6 is 11.3 Å². The molecule has 15 heavy (non-hydrogen) atoms. The van der Waals surface area contributed by atoms with E-state index in [0.717, 1.165) is 10.0 Å². The van der Waals surface area contributed by atoms with Crippen LogP contribution in [0.3, 0.4) is 0 Å². The van der Waals surface area contributed by atoms with Crippen LogP contribution in [0.25, 0.3) is 0 Å². The standard InChI is InChI=1S/C9H16N4OS/c1-6(2)9-13-12-8(15-9)5-11-7(14)3-4-10/h6H,3-5,10H2,1-2H3,(H,11,14). The van der Waals surface area contributed by atoms with Gasteiger partial charge in [-0.25, -0.2) is 0 Å². The molecule has 0 saturated carbocycles. The molecular formula is C9H16N4OS. The quantitative estimate of drug-likeness (QED) is 0.774. The number of nitrogens with one attached hydrogen (secondary N) is 1. The summed E-state index contributed by atoms with van der Waals surface area (Å²) in [5, 5.41) is 12.6. The first-order chi connectivity index (χ1) is 7.13. The molecule has 0 aliphatic heterocycles. The predicted octanol–water partition coefficient (Wildman–Crippen LogP) is 0.626. The lowest BCUT2D eigenvalue weighted by atomic mass is 10.2. The van der Waals surface area contributed by atoms with Crippen molar-refractivity contribution in [3.8, 4) is 0 Å². The fourth-order valence-electron chi connectivity index (χ4n) is 0.965. The highest BCUT2D eigenvalue weighted by atomic mass is 32.1. The lowest BCUT2D eigenvalue weighted by molar-refractivity contribution is -0.121. The molecule has 0 radical (unpaired) electrons. The minimum absolute atomic E-state index is 0.0428. The number of hydrogen-bond donors (Lipinski definition) is 2. The Kier molecular flexibility index (Phi) is 4.64. The van der Waals surface area contributed by atoms with Crippen molar-refractivity contribution in [2.45, 2.75) is 32.7 Å². The Labute approximate surface area is 93.1 Å². The van der Waals surface area contributed by atoms with E-state index in [-0.39, 0.29) is 5.91 Å². The molecule has 1 rings (SSSR count). The van der Waals surface area contributed by atoms with Crippen molar-refractivity contribution < 1.29 is 4.79 Å². The van der Waals surface area contributed by atoms with Gasteiger partial charge in [0.2, 0.25) is 5.91 Å². The third-order valence-corrected chi connectivity index (χ3v) is 3.01. The van der Waals surface area contributed by atoms with E-state index in [1.54, 1.807) is 0 Å². The second-order valence-corrected chi connectivity index (χ2v) is 4.60. The zero-order valence-electron chi connectivity index (χ0n) is 8.99. The van der Waals surface area contributed by atoms with Crippen LogP contribution in [0.15, 0.2) is 0 Å². The highest BCUT2D eigenvalue weighted by Gasteiger charge is 2.08. The van der Waals surface area contributed by atoms with Gasteiger partial charge in [0, 0.05) is 18.9 Å². The molecule has 0 spiro atoms. The topological polar surface area (TPSA) is 80.9 Å². The summed E-state index contributed by atoms with van der Waals surface area (Å²) in [7, 11) is 0. The monoisotopic (exact) mass is 228 g/mol. The first-order valence-corrected chi connectivity index (χ1v) is 5.74. The van der Waals surface area contributed by atoms with Crippen LogP contribution in [-0.2, 0) is 11.3 Å². The SMILES string of the molecule is CC(C)c1nnc(CNC(=O)CCN)s1. The summed E-state index contributed by atoms with van der Waals surface area (Å²) in [5.74, 6) is 0.342. The zero-order chi connectivity index (χ0) is 11.3. The van der Waals surface area contributed by atoms with Gasteiger partial charge in [0.15, 0.2) is 0 Å². The van der Waals surface area contributed by atoms with Crippen LogP contribution < -0.4 is 11.1 Å². The second-order valence-electron chi connectivity index (χ2n) is 3.50. The fraction of sp³-hybridized carbons (Fsp3) is 0.667. The molecule has 1 amide bonds. The van der Waals surface area contributed by atoms with E-state index in [0.29, 0.717) is 25.4 Å². The van der Waals surface area contributed by atoms with Crippen molar-refractivity contribution in [3.05, 3.63) is 10.0 Å². The number of carbonyl (C=O) groups excluding carboxylic acids is 1. The van der Waals surface area contributed by atoms with E-state index in [2.05, 4.69) is 29.4 Å². The first-order valence-electron chi connectivity index (χ1n) is 4.92. The molecule has 5 nitrogen and oxygen atoms in total. The Morgan fingerprint density at radius 2 is 2.27 bits per heavy atom. The van der Waals surface area contributed by atoms with E-state index >= 15 is 0 Å². The van der Waals surface area contributed by atoms with E-state index in [4.69, 9.17) is 5.73 Å². The Hall–Kier alpha value is -1.01. The van der Waals surface area contributed by atoms with Gasteiger partial charge in [-0.2, -0.15) is 0 Å². The molecule has 1 heterocycles. The average Bonchev–Trinajstić information content (AvgIpc) is 2.63. The van der Waals surface area contributed by atoms with Gasteiger partial charge in [0.1, 0.15) is 10.0 Å². The van der Waals surface area contributed by atoms with E-state index < -0.39 is 0 Å². The molecule has 84 valence electrons. The van der Waals surface area contributed by atoms with Gasteiger partial charge in [0.25, 0.3) is 0 Å². The summed E-state index contributed by atoms with van der Waals surface area (Å²) in [6, 6.07) is 0. The zero-order valence-corrected chi connectivity index (χ0v) is 9.80. The molecule has 0 bridgehead atoms. The molecule has 0 atom stereocenters. The Morgan fingerprint density at radius 1 is 1.53 bits per heavy atom. The molecule has 0 aliphatic rings. The maximum atomic E-state index is 11.1. The Balaban J connectivity index is 2.41. The third-order valence-electron chi connectivity index (χ3n) is 1.78. The maximum Gasteiger partial charge on any atom is 0.221 e. The van der Waals surface area contributed by atoms with E-state index in [9.17, 15) is 4.79 Å². The molecule has 0 unspecified atom stereocenters. The number of amides is 1. The van der Waals surface area contributed by atoms with Gasteiger partial charge in [-0.05, 0) is 0 Å². The number of rotatable bonds is 5. The van der Waals surface area contributed by atoms with E-state index in [1.165, 1.54) is 11.3 Å². The molecule has 0 fully saturated rings. The molecule has 6 heteroatoms. The molecule has 1 aromatic rings. The number of nitrogens with two attached hydrogens (primary N) is 1. The van der Waals surface area contributed by atoms with Crippen molar-refractivity contribution in [2.75, 3.05) is 6.54 Å². The Morgan fingerprint density at radius 3 is 2.80 bits per heavy atom. The lowest BCUT2D eigenvalue weighted by Gasteiger charge is -1.99. The molecular weight excluding hydrogens is 212 g/mol. The van der Waals surface area contributed by atoms with Crippen molar-refractivity contribution in [1.82, 2.24) is 15.5 Å². The number of hydrogen-bond acceptors (Lipinski definition) is 5. The van der Waals surface area contributed by atoms with Crippen LogP contribution in [-0.4, -0.2) is 22.6 Å². The van der Waals surface area contributed by atoms with Crippen molar-refractivity contribution >= 4 is 17.2 Å². The number of aromatic nitrogens is 2. The average molecular weight is 228 g/mol. The van der Waals surface area contributed by atoms with Crippen LogP contribution in [0.5, 0.6) is 0 Å². The second kappa shape index (κ2) is 5.77.